The zero-order valence-corrected chi connectivity index (χ0v) is 13.2. The minimum atomic E-state index is -0.116. The van der Waals surface area contributed by atoms with E-state index in [4.69, 9.17) is 0 Å². The van der Waals surface area contributed by atoms with Gasteiger partial charge in [0.25, 0.3) is 5.56 Å². The van der Waals surface area contributed by atoms with Crippen LogP contribution in [0.3, 0.4) is 0 Å². The van der Waals surface area contributed by atoms with E-state index >= 15 is 0 Å². The highest BCUT2D eigenvalue weighted by molar-refractivity contribution is 5.77. The lowest BCUT2D eigenvalue weighted by Gasteiger charge is -2.15. The van der Waals surface area contributed by atoms with Gasteiger partial charge < -0.3 is 4.98 Å². The van der Waals surface area contributed by atoms with Crippen molar-refractivity contribution < 1.29 is 0 Å². The third-order valence-corrected chi connectivity index (χ3v) is 3.53. The molecule has 2 heterocycles. The molecule has 3 rings (SSSR count). The first-order valence-electron chi connectivity index (χ1n) is 7.59. The predicted octanol–water partition coefficient (Wildman–Crippen LogP) is 0.952. The monoisotopic (exact) mass is 313 g/mol. The number of aryl methyl sites for hydroxylation is 1. The molecule has 0 atom stereocenters. The van der Waals surface area contributed by atoms with Gasteiger partial charge in [0.05, 0.1) is 24.0 Å². The molecule has 0 saturated heterocycles. The number of nitrogens with one attached hydrogen (secondary N) is 1. The molecule has 0 aliphatic rings. The van der Waals surface area contributed by atoms with E-state index in [2.05, 4.69) is 32.4 Å². The van der Waals surface area contributed by atoms with Crippen molar-refractivity contribution in [3.8, 4) is 0 Å². The Labute approximate surface area is 133 Å². The van der Waals surface area contributed by atoms with Crippen LogP contribution in [0, 0.1) is 0 Å². The zero-order valence-electron chi connectivity index (χ0n) is 13.2. The molecule has 0 spiro atoms. The average molecular weight is 313 g/mol. The summed E-state index contributed by atoms with van der Waals surface area (Å²) in [7, 11) is 1.94. The number of hydrogen-bond acceptors (Lipinski definition) is 6. The Morgan fingerprint density at radius 1 is 1.26 bits per heavy atom. The van der Waals surface area contributed by atoms with Crippen molar-refractivity contribution in [2.24, 2.45) is 0 Å². The number of aromatic nitrogens is 6. The third kappa shape index (κ3) is 3.42. The van der Waals surface area contributed by atoms with Gasteiger partial charge >= 0.3 is 0 Å². The Bertz CT molecular complexity index is 854. The van der Waals surface area contributed by atoms with Crippen molar-refractivity contribution in [3.05, 3.63) is 46.3 Å². The van der Waals surface area contributed by atoms with E-state index in [-0.39, 0.29) is 5.56 Å². The molecule has 8 nitrogen and oxygen atoms in total. The van der Waals surface area contributed by atoms with Crippen LogP contribution in [0.25, 0.3) is 10.9 Å². The molecule has 0 unspecified atom stereocenters. The first-order valence-corrected chi connectivity index (χ1v) is 7.59. The molecule has 0 saturated carbocycles. The van der Waals surface area contributed by atoms with Crippen LogP contribution in [0.5, 0.6) is 0 Å². The van der Waals surface area contributed by atoms with Crippen LogP contribution in [0.4, 0.5) is 0 Å². The molecule has 0 amide bonds. The Morgan fingerprint density at radius 3 is 2.91 bits per heavy atom. The van der Waals surface area contributed by atoms with Crippen molar-refractivity contribution in [1.29, 1.82) is 0 Å². The van der Waals surface area contributed by atoms with Crippen LogP contribution in [-0.2, 0) is 19.6 Å². The van der Waals surface area contributed by atoms with Crippen molar-refractivity contribution in [1.82, 2.24) is 35.1 Å². The fourth-order valence-electron chi connectivity index (χ4n) is 2.48. The zero-order chi connectivity index (χ0) is 16.2. The van der Waals surface area contributed by atoms with Gasteiger partial charge in [0.1, 0.15) is 5.82 Å². The molecule has 0 fully saturated rings. The minimum absolute atomic E-state index is 0.116. The van der Waals surface area contributed by atoms with Gasteiger partial charge in [-0.2, -0.15) is 0 Å². The van der Waals surface area contributed by atoms with Gasteiger partial charge in [-0.25, -0.2) is 9.67 Å². The Balaban J connectivity index is 1.76. The summed E-state index contributed by atoms with van der Waals surface area (Å²) in [6.07, 6.45) is 0.974. The number of nitrogens with zero attached hydrogens (tertiary/aromatic N) is 6. The standard InChI is InChI=1S/C15H19N7O/c1-3-8-22-14(18-19-20-22)10-21(2)9-13-16-12-7-5-4-6-11(12)15(23)17-13/h4-7H,3,8-10H2,1-2H3,(H,16,17,23). The van der Waals surface area contributed by atoms with Crippen LogP contribution in [0.15, 0.2) is 29.1 Å². The van der Waals surface area contributed by atoms with Crippen molar-refractivity contribution in [3.63, 3.8) is 0 Å². The number of para-hydroxylation sites is 1. The van der Waals surface area contributed by atoms with E-state index in [1.54, 1.807) is 10.7 Å². The second-order valence-electron chi connectivity index (χ2n) is 5.52. The summed E-state index contributed by atoms with van der Waals surface area (Å²) in [5, 5.41) is 12.3. The van der Waals surface area contributed by atoms with Gasteiger partial charge in [-0.15, -0.1) is 5.10 Å². The Hall–Kier alpha value is -2.61. The summed E-state index contributed by atoms with van der Waals surface area (Å²) in [5.74, 6) is 1.43. The van der Waals surface area contributed by atoms with Gasteiger partial charge in [-0.3, -0.25) is 9.69 Å². The minimum Gasteiger partial charge on any atom is -0.309 e. The second-order valence-corrected chi connectivity index (χ2v) is 5.52. The number of fused-ring (bicyclic) bond motifs is 1. The molecule has 8 heteroatoms. The fourth-order valence-corrected chi connectivity index (χ4v) is 2.48. The van der Waals surface area contributed by atoms with Crippen molar-refractivity contribution in [2.75, 3.05) is 7.05 Å². The normalized spacial score (nSPS) is 11.4. The molecule has 120 valence electrons. The van der Waals surface area contributed by atoms with Crippen LogP contribution >= 0.6 is 0 Å². The van der Waals surface area contributed by atoms with Crippen molar-refractivity contribution >= 4 is 10.9 Å². The number of aromatic amines is 1. The first kappa shape index (κ1) is 15.3. The molecular weight excluding hydrogens is 294 g/mol. The molecule has 0 aliphatic carbocycles. The maximum absolute atomic E-state index is 12.1. The van der Waals surface area contributed by atoms with Gasteiger partial charge in [0.15, 0.2) is 5.82 Å². The maximum Gasteiger partial charge on any atom is 0.258 e. The second kappa shape index (κ2) is 6.66. The lowest BCUT2D eigenvalue weighted by Crippen LogP contribution is -2.23. The smallest absolute Gasteiger partial charge is 0.258 e. The predicted molar refractivity (Wildman–Crippen MR) is 85.6 cm³/mol. The van der Waals surface area contributed by atoms with E-state index in [0.29, 0.717) is 29.8 Å². The number of benzene rings is 1. The SMILES string of the molecule is CCCn1nnnc1CN(C)Cc1nc2ccccc2c(=O)[nH]1. The molecule has 1 N–H and O–H groups in total. The number of hydrogen-bond donors (Lipinski definition) is 1. The van der Waals surface area contributed by atoms with E-state index in [9.17, 15) is 4.79 Å². The highest BCUT2D eigenvalue weighted by atomic mass is 16.1. The molecule has 0 bridgehead atoms. The van der Waals surface area contributed by atoms with Crippen LogP contribution < -0.4 is 5.56 Å². The molecular formula is C15H19N7O. The molecule has 0 radical (unpaired) electrons. The average Bonchev–Trinajstić information content (AvgIpc) is 2.94. The van der Waals surface area contributed by atoms with E-state index in [1.807, 2.05) is 30.1 Å². The summed E-state index contributed by atoms with van der Waals surface area (Å²) in [4.78, 5) is 21.4. The van der Waals surface area contributed by atoms with Crippen LogP contribution in [0.2, 0.25) is 0 Å². The molecule has 3 aromatic rings. The topological polar surface area (TPSA) is 92.6 Å². The number of H-pyrrole nitrogens is 1. The Morgan fingerprint density at radius 2 is 2.09 bits per heavy atom. The van der Waals surface area contributed by atoms with E-state index in [1.165, 1.54) is 0 Å². The molecule has 23 heavy (non-hydrogen) atoms. The highest BCUT2D eigenvalue weighted by Crippen LogP contribution is 2.07. The number of rotatable bonds is 6. The van der Waals surface area contributed by atoms with E-state index < -0.39 is 0 Å². The molecule has 0 aliphatic heterocycles. The summed E-state index contributed by atoms with van der Waals surface area (Å²) in [6, 6.07) is 7.32. The maximum atomic E-state index is 12.1. The van der Waals surface area contributed by atoms with Crippen LogP contribution in [0.1, 0.15) is 25.0 Å². The summed E-state index contributed by atoms with van der Waals surface area (Å²) < 4.78 is 1.80. The highest BCUT2D eigenvalue weighted by Gasteiger charge is 2.11. The fraction of sp³-hybridized carbons (Fsp3) is 0.400. The van der Waals surface area contributed by atoms with Gasteiger partial charge in [-0.05, 0) is 36.0 Å². The summed E-state index contributed by atoms with van der Waals surface area (Å²) >= 11 is 0. The number of tetrazole rings is 1. The summed E-state index contributed by atoms with van der Waals surface area (Å²) in [5.41, 5.74) is 0.588. The van der Waals surface area contributed by atoms with Gasteiger partial charge in [0.2, 0.25) is 0 Å². The molecule has 1 aromatic carbocycles. The first-order chi connectivity index (χ1) is 11.2. The van der Waals surface area contributed by atoms with Gasteiger partial charge in [-0.1, -0.05) is 19.1 Å². The Kier molecular flexibility index (Phi) is 4.42. The summed E-state index contributed by atoms with van der Waals surface area (Å²) in [6.45, 7) is 3.97. The van der Waals surface area contributed by atoms with Crippen molar-refractivity contribution in [2.45, 2.75) is 33.0 Å². The van der Waals surface area contributed by atoms with Crippen LogP contribution in [-0.4, -0.2) is 42.1 Å². The van der Waals surface area contributed by atoms with Gasteiger partial charge in [0, 0.05) is 6.54 Å². The lowest BCUT2D eigenvalue weighted by molar-refractivity contribution is 0.294. The largest absolute Gasteiger partial charge is 0.309 e. The quantitative estimate of drug-likeness (QED) is 0.728. The molecule has 2 aromatic heterocycles. The lowest BCUT2D eigenvalue weighted by atomic mass is 10.2. The third-order valence-electron chi connectivity index (χ3n) is 3.53. The van der Waals surface area contributed by atoms with E-state index in [0.717, 1.165) is 18.8 Å².